The van der Waals surface area contributed by atoms with Gasteiger partial charge in [0.1, 0.15) is 11.6 Å². The van der Waals surface area contributed by atoms with Crippen LogP contribution in [0.4, 0.5) is 5.82 Å². The van der Waals surface area contributed by atoms with E-state index in [0.29, 0.717) is 24.6 Å². The van der Waals surface area contributed by atoms with E-state index in [1.54, 1.807) is 24.5 Å². The fourth-order valence-electron chi connectivity index (χ4n) is 4.63. The molecule has 2 N–H and O–H groups in total. The highest BCUT2D eigenvalue weighted by Gasteiger charge is 2.39. The Morgan fingerprint density at radius 2 is 1.23 bits per heavy atom. The van der Waals surface area contributed by atoms with Gasteiger partial charge in [0.25, 0.3) is 0 Å². The molecule has 2 aromatic heterocycles. The van der Waals surface area contributed by atoms with Crippen molar-refractivity contribution >= 4 is 32.3 Å². The molecule has 0 fully saturated rings. The maximum absolute atomic E-state index is 14.4. The minimum atomic E-state index is -4.01. The first-order chi connectivity index (χ1) is 22.7. The van der Waals surface area contributed by atoms with Crippen molar-refractivity contribution in [2.45, 2.75) is 46.6 Å². The molecule has 1 atom stereocenters. The van der Waals surface area contributed by atoms with Crippen LogP contribution in [-0.4, -0.2) is 22.5 Å². The Morgan fingerprint density at radius 1 is 0.745 bits per heavy atom. The number of hydrogen-bond acceptors (Lipinski definition) is 10. The molecule has 0 aliphatic carbocycles. The smallest absolute Gasteiger partial charge is 0.343 e. The third-order valence-electron chi connectivity index (χ3n) is 7.29. The van der Waals surface area contributed by atoms with E-state index in [0.717, 1.165) is 32.8 Å². The number of anilines is 1. The highest BCUT2D eigenvalue weighted by atomic mass is 32.1. The molecule has 47 heavy (non-hydrogen) atoms. The van der Waals surface area contributed by atoms with Gasteiger partial charge in [-0.15, -0.1) is 0 Å². The first-order valence-electron chi connectivity index (χ1n) is 15.1. The molecule has 1 unspecified atom stereocenters. The Bertz CT molecular complexity index is 1780. The minimum absolute atomic E-state index is 0.00750. The third kappa shape index (κ3) is 10.5. The van der Waals surface area contributed by atoms with Gasteiger partial charge < -0.3 is 23.8 Å². The monoisotopic (exact) mass is 693 g/mol. The summed E-state index contributed by atoms with van der Waals surface area (Å²) in [5, 5.41) is 0. The molecule has 0 saturated heterocycles. The standard InChI is InChI=1S/C34H39N4O6P2S/c1-27-33(47-25-38(27)21-32-20-36-28(2)37-34(32)35)18-19-41-45(39,42-22-29-12-6-3-7-13-29)26-46(40,43-23-30-14-8-4-9-15-30)44-24-31-16-10-5-11-17-31/h3-17,20,25H,18-19,21-24,26H2,1-2H3,(H2,35,36,37)/q+1. The van der Waals surface area contributed by atoms with Crippen LogP contribution in [0.25, 0.3) is 0 Å². The van der Waals surface area contributed by atoms with Gasteiger partial charge in [-0.1, -0.05) is 102 Å². The molecular formula is C34H39N4O6P2S+. The highest BCUT2D eigenvalue weighted by Crippen LogP contribution is 2.65. The van der Waals surface area contributed by atoms with Crippen LogP contribution in [0.3, 0.4) is 0 Å². The van der Waals surface area contributed by atoms with Crippen molar-refractivity contribution in [1.29, 1.82) is 0 Å². The van der Waals surface area contributed by atoms with Gasteiger partial charge in [-0.2, -0.15) is 4.57 Å². The summed E-state index contributed by atoms with van der Waals surface area (Å²) < 4.78 is 54.6. The lowest BCUT2D eigenvalue weighted by Gasteiger charge is -2.24. The second-order valence-electron chi connectivity index (χ2n) is 10.9. The van der Waals surface area contributed by atoms with E-state index in [2.05, 4.69) is 14.5 Å². The molecule has 5 rings (SSSR count). The maximum atomic E-state index is 14.4. The average molecular weight is 694 g/mol. The van der Waals surface area contributed by atoms with Gasteiger partial charge in [0.15, 0.2) is 18.1 Å². The van der Waals surface area contributed by atoms with Gasteiger partial charge in [-0.05, 0) is 23.6 Å². The molecule has 246 valence electrons. The Kier molecular flexibility index (Phi) is 12.2. The summed E-state index contributed by atoms with van der Waals surface area (Å²) in [7, 11) is -8.00. The maximum Gasteiger partial charge on any atom is 0.343 e. The number of nitrogens with two attached hydrogens (primary N) is 1. The summed E-state index contributed by atoms with van der Waals surface area (Å²) in [6, 6.07) is 28.0. The van der Waals surface area contributed by atoms with Crippen LogP contribution >= 0.6 is 26.5 Å². The molecular weight excluding hydrogens is 654 g/mol. The van der Waals surface area contributed by atoms with E-state index in [9.17, 15) is 9.13 Å². The van der Waals surface area contributed by atoms with Crippen LogP contribution in [0.15, 0.2) is 103 Å². The molecule has 0 radical (unpaired) electrons. The number of benzene rings is 3. The van der Waals surface area contributed by atoms with Crippen molar-refractivity contribution in [3.8, 4) is 0 Å². The molecule has 0 bridgehead atoms. The van der Waals surface area contributed by atoms with E-state index < -0.39 is 21.1 Å². The molecule has 0 saturated carbocycles. The van der Waals surface area contributed by atoms with Crippen LogP contribution in [0, 0.1) is 13.8 Å². The van der Waals surface area contributed by atoms with Gasteiger partial charge in [0.05, 0.1) is 36.9 Å². The van der Waals surface area contributed by atoms with Crippen LogP contribution in [0.2, 0.25) is 0 Å². The van der Waals surface area contributed by atoms with Crippen LogP contribution < -0.4 is 10.3 Å². The Hall–Kier alpha value is -3.53. The molecule has 5 aromatic rings. The molecule has 0 aliphatic rings. The zero-order valence-electron chi connectivity index (χ0n) is 26.4. The predicted molar refractivity (Wildman–Crippen MR) is 183 cm³/mol. The number of hydrogen-bond donors (Lipinski definition) is 1. The van der Waals surface area contributed by atoms with Crippen molar-refractivity contribution in [3.63, 3.8) is 0 Å². The van der Waals surface area contributed by atoms with Crippen LogP contribution in [0.5, 0.6) is 0 Å². The lowest BCUT2D eigenvalue weighted by atomic mass is 10.2. The molecule has 10 nitrogen and oxygen atoms in total. The topological polar surface area (TPSA) is 127 Å². The zero-order chi connectivity index (χ0) is 33.1. The van der Waals surface area contributed by atoms with Gasteiger partial charge in [-0.3, -0.25) is 9.13 Å². The largest absolute Gasteiger partial charge is 0.383 e. The first-order valence-corrected chi connectivity index (χ1v) is 19.5. The molecule has 0 spiro atoms. The van der Waals surface area contributed by atoms with Gasteiger partial charge in [0, 0.05) is 19.5 Å². The predicted octanol–water partition coefficient (Wildman–Crippen LogP) is 7.63. The number of rotatable bonds is 17. The SMILES string of the molecule is Cc1ncc(C[n+]2csc(CCOP(=O)(CP(=O)(OCc3ccccc3)OCc3ccccc3)OCc3ccccc3)c2C)c(N)n1. The molecule has 0 amide bonds. The van der Waals surface area contributed by atoms with Crippen molar-refractivity contribution < 1.29 is 31.8 Å². The number of aromatic nitrogens is 3. The fourth-order valence-corrected chi connectivity index (χ4v) is 10.2. The summed E-state index contributed by atoms with van der Waals surface area (Å²) in [6.07, 6.45) is 2.20. The second-order valence-corrected chi connectivity index (χ2v) is 16.5. The zero-order valence-corrected chi connectivity index (χ0v) is 29.0. The summed E-state index contributed by atoms with van der Waals surface area (Å²) >= 11 is 1.56. The number of nitrogens with zero attached hydrogens (tertiary/aromatic N) is 3. The first kappa shape index (κ1) is 34.8. The highest BCUT2D eigenvalue weighted by molar-refractivity contribution is 7.71. The number of nitrogen functional groups attached to an aromatic ring is 1. The van der Waals surface area contributed by atoms with Crippen molar-refractivity contribution in [2.24, 2.45) is 0 Å². The minimum Gasteiger partial charge on any atom is -0.383 e. The lowest BCUT2D eigenvalue weighted by Crippen LogP contribution is -2.35. The summed E-state index contributed by atoms with van der Waals surface area (Å²) in [6.45, 7) is 4.43. The Labute approximate surface area is 279 Å². The Balaban J connectivity index is 1.31. The van der Waals surface area contributed by atoms with Crippen LogP contribution in [0.1, 0.15) is 38.6 Å². The average Bonchev–Trinajstić information content (AvgIpc) is 3.43. The molecule has 3 aromatic carbocycles. The molecule has 0 aliphatic heterocycles. The third-order valence-corrected chi connectivity index (χ3v) is 13.4. The van der Waals surface area contributed by atoms with E-state index in [4.69, 9.17) is 23.8 Å². The van der Waals surface area contributed by atoms with E-state index >= 15 is 0 Å². The van der Waals surface area contributed by atoms with Crippen LogP contribution in [-0.2, 0) is 60.0 Å². The van der Waals surface area contributed by atoms with Gasteiger partial charge in [-0.25, -0.2) is 9.97 Å². The van der Waals surface area contributed by atoms with Crippen molar-refractivity contribution in [2.75, 3.05) is 18.2 Å². The van der Waals surface area contributed by atoms with Gasteiger partial charge >= 0.3 is 15.2 Å². The summed E-state index contributed by atoms with van der Waals surface area (Å²) in [5.74, 6) is 0.531. The fraction of sp³-hybridized carbons (Fsp3) is 0.265. The summed E-state index contributed by atoms with van der Waals surface area (Å²) in [4.78, 5) is 9.57. The van der Waals surface area contributed by atoms with E-state index in [-0.39, 0.29) is 26.4 Å². The second kappa shape index (κ2) is 16.5. The normalized spacial score (nSPS) is 13.0. The molecule has 13 heteroatoms. The van der Waals surface area contributed by atoms with Crippen molar-refractivity contribution in [1.82, 2.24) is 9.97 Å². The lowest BCUT2D eigenvalue weighted by molar-refractivity contribution is -0.689. The summed E-state index contributed by atoms with van der Waals surface area (Å²) in [5.41, 5.74) is 12.4. The molecule has 2 heterocycles. The number of aryl methyl sites for hydroxylation is 1. The van der Waals surface area contributed by atoms with Crippen molar-refractivity contribution in [3.05, 3.63) is 141 Å². The van der Waals surface area contributed by atoms with E-state index in [1.807, 2.05) is 103 Å². The van der Waals surface area contributed by atoms with E-state index in [1.165, 1.54) is 0 Å². The Morgan fingerprint density at radius 3 is 1.72 bits per heavy atom. The van der Waals surface area contributed by atoms with Gasteiger partial charge in [0.2, 0.25) is 5.51 Å². The quantitative estimate of drug-likeness (QED) is 0.0773. The number of thiazole rings is 1.